The van der Waals surface area contributed by atoms with Gasteiger partial charge in [-0.3, -0.25) is 9.59 Å². The zero-order valence-electron chi connectivity index (χ0n) is 16.7. The highest BCUT2D eigenvalue weighted by Gasteiger charge is 2.33. The molecule has 0 saturated carbocycles. The number of hydrogen-bond acceptors (Lipinski definition) is 4. The Kier molecular flexibility index (Phi) is 7.31. The highest BCUT2D eigenvalue weighted by molar-refractivity contribution is 6.34. The number of likely N-dealkylation sites (N-methyl/N-ethyl adjacent to an activating group) is 2. The molecule has 0 aliphatic carbocycles. The Labute approximate surface area is 166 Å². The summed E-state index contributed by atoms with van der Waals surface area (Å²) < 4.78 is 0. The third kappa shape index (κ3) is 4.77. The molecule has 0 aromatic heterocycles. The molecule has 0 saturated heterocycles. The molecule has 0 unspecified atom stereocenters. The van der Waals surface area contributed by atoms with Gasteiger partial charge in [-0.25, -0.2) is 0 Å². The second-order valence-electron chi connectivity index (χ2n) is 7.02. The second-order valence-corrected chi connectivity index (χ2v) is 7.02. The standard InChI is InChI=1S/C22H28N2O4/c1-15(19(25)17-11-7-5-8-12-17)23(3)21(27)22(28)24(4)16(2)20(26)18-13-9-6-10-14-18/h5-16,19-20,25-26H,1-4H3/t15-,16-,19-,20-/m1/s1. The van der Waals surface area contributed by atoms with Gasteiger partial charge in [-0.15, -0.1) is 0 Å². The number of amides is 2. The monoisotopic (exact) mass is 384 g/mol. The minimum atomic E-state index is -0.916. The number of aliphatic hydroxyl groups excluding tert-OH is 2. The van der Waals surface area contributed by atoms with Crippen LogP contribution in [0.5, 0.6) is 0 Å². The van der Waals surface area contributed by atoms with Gasteiger partial charge in [0.25, 0.3) is 0 Å². The summed E-state index contributed by atoms with van der Waals surface area (Å²) in [7, 11) is 2.98. The van der Waals surface area contributed by atoms with E-state index in [-0.39, 0.29) is 0 Å². The number of aliphatic hydroxyl groups is 2. The largest absolute Gasteiger partial charge is 0.386 e. The van der Waals surface area contributed by atoms with Crippen molar-refractivity contribution < 1.29 is 19.8 Å². The Morgan fingerprint density at radius 1 is 0.679 bits per heavy atom. The fraction of sp³-hybridized carbons (Fsp3) is 0.364. The third-order valence-electron chi connectivity index (χ3n) is 5.24. The van der Waals surface area contributed by atoms with Gasteiger partial charge in [-0.05, 0) is 25.0 Å². The van der Waals surface area contributed by atoms with Gasteiger partial charge in [0.15, 0.2) is 0 Å². The van der Waals surface area contributed by atoms with Crippen LogP contribution in [0, 0.1) is 0 Å². The number of carbonyl (C=O) groups is 2. The lowest BCUT2D eigenvalue weighted by Crippen LogP contribution is -2.50. The molecule has 2 aromatic rings. The molecule has 2 N–H and O–H groups in total. The molecule has 0 aliphatic rings. The predicted octanol–water partition coefficient (Wildman–Crippen LogP) is 2.15. The lowest BCUT2D eigenvalue weighted by molar-refractivity contribution is -0.154. The average molecular weight is 384 g/mol. The van der Waals surface area contributed by atoms with E-state index in [0.29, 0.717) is 11.1 Å². The molecular weight excluding hydrogens is 356 g/mol. The Morgan fingerprint density at radius 3 is 1.25 bits per heavy atom. The van der Waals surface area contributed by atoms with E-state index in [9.17, 15) is 19.8 Å². The van der Waals surface area contributed by atoms with Crippen LogP contribution >= 0.6 is 0 Å². The molecule has 28 heavy (non-hydrogen) atoms. The van der Waals surface area contributed by atoms with Gasteiger partial charge in [0.2, 0.25) is 0 Å². The molecule has 2 aromatic carbocycles. The van der Waals surface area contributed by atoms with Crippen LogP contribution in [0.3, 0.4) is 0 Å². The van der Waals surface area contributed by atoms with Crippen molar-refractivity contribution in [3.63, 3.8) is 0 Å². The average Bonchev–Trinajstić information content (AvgIpc) is 2.76. The van der Waals surface area contributed by atoms with E-state index in [0.717, 1.165) is 0 Å². The zero-order chi connectivity index (χ0) is 20.8. The minimum absolute atomic E-state index is 0.596. The molecule has 150 valence electrons. The van der Waals surface area contributed by atoms with Gasteiger partial charge in [-0.1, -0.05) is 60.7 Å². The van der Waals surface area contributed by atoms with Crippen molar-refractivity contribution in [2.75, 3.05) is 14.1 Å². The van der Waals surface area contributed by atoms with Gasteiger partial charge < -0.3 is 20.0 Å². The fourth-order valence-corrected chi connectivity index (χ4v) is 2.95. The Balaban J connectivity index is 2.06. The molecule has 0 fully saturated rings. The quantitative estimate of drug-likeness (QED) is 0.748. The maximum absolute atomic E-state index is 12.7. The molecule has 4 atom stereocenters. The first-order valence-corrected chi connectivity index (χ1v) is 9.25. The number of hydrogen-bond donors (Lipinski definition) is 2. The van der Waals surface area contributed by atoms with E-state index < -0.39 is 36.1 Å². The Hall–Kier alpha value is -2.70. The van der Waals surface area contributed by atoms with E-state index in [4.69, 9.17) is 0 Å². The van der Waals surface area contributed by atoms with Crippen molar-refractivity contribution in [2.24, 2.45) is 0 Å². The van der Waals surface area contributed by atoms with E-state index in [1.807, 2.05) is 12.1 Å². The van der Waals surface area contributed by atoms with Gasteiger partial charge in [-0.2, -0.15) is 0 Å². The minimum Gasteiger partial charge on any atom is -0.386 e. The maximum atomic E-state index is 12.7. The van der Waals surface area contributed by atoms with Crippen LogP contribution in [-0.4, -0.2) is 58.0 Å². The lowest BCUT2D eigenvalue weighted by atomic mass is 10.0. The highest BCUT2D eigenvalue weighted by Crippen LogP contribution is 2.22. The van der Waals surface area contributed by atoms with Crippen LogP contribution in [0.1, 0.15) is 37.2 Å². The number of benzene rings is 2. The third-order valence-corrected chi connectivity index (χ3v) is 5.24. The van der Waals surface area contributed by atoms with Crippen molar-refractivity contribution in [1.82, 2.24) is 9.80 Å². The number of nitrogens with zero attached hydrogens (tertiary/aromatic N) is 2. The van der Waals surface area contributed by atoms with Crippen LogP contribution in [0.4, 0.5) is 0 Å². The number of rotatable bonds is 6. The first kappa shape index (κ1) is 21.6. The van der Waals surface area contributed by atoms with Crippen LogP contribution in [0.2, 0.25) is 0 Å². The van der Waals surface area contributed by atoms with Crippen LogP contribution in [0.25, 0.3) is 0 Å². The summed E-state index contributed by atoms with van der Waals surface area (Å²) in [5.41, 5.74) is 1.34. The predicted molar refractivity (Wildman–Crippen MR) is 107 cm³/mol. The summed E-state index contributed by atoms with van der Waals surface area (Å²) >= 11 is 0. The van der Waals surface area contributed by atoms with E-state index in [2.05, 4.69) is 0 Å². The van der Waals surface area contributed by atoms with Crippen molar-refractivity contribution in [3.05, 3.63) is 71.8 Å². The van der Waals surface area contributed by atoms with Crippen molar-refractivity contribution in [1.29, 1.82) is 0 Å². The smallest absolute Gasteiger partial charge is 0.312 e. The summed E-state index contributed by atoms with van der Waals surface area (Å²) in [5.74, 6) is -1.48. The number of carbonyl (C=O) groups excluding carboxylic acids is 2. The Morgan fingerprint density at radius 2 is 0.964 bits per heavy atom. The van der Waals surface area contributed by atoms with E-state index >= 15 is 0 Å². The highest BCUT2D eigenvalue weighted by atomic mass is 16.3. The maximum Gasteiger partial charge on any atom is 0.312 e. The topological polar surface area (TPSA) is 81.1 Å². The summed E-state index contributed by atoms with van der Waals surface area (Å²) in [4.78, 5) is 27.8. The van der Waals surface area contributed by atoms with Crippen molar-refractivity contribution in [3.8, 4) is 0 Å². The van der Waals surface area contributed by atoms with Crippen molar-refractivity contribution in [2.45, 2.75) is 38.1 Å². The molecule has 2 rings (SSSR count). The zero-order valence-corrected chi connectivity index (χ0v) is 16.7. The summed E-state index contributed by atoms with van der Waals surface area (Å²) in [6, 6.07) is 16.8. The van der Waals surface area contributed by atoms with Crippen molar-refractivity contribution >= 4 is 11.8 Å². The van der Waals surface area contributed by atoms with Crippen LogP contribution < -0.4 is 0 Å². The first-order chi connectivity index (χ1) is 13.3. The molecule has 0 bridgehead atoms. The molecule has 0 radical (unpaired) electrons. The van der Waals surface area contributed by atoms with Gasteiger partial charge in [0.1, 0.15) is 0 Å². The fourth-order valence-electron chi connectivity index (χ4n) is 2.95. The molecule has 6 nitrogen and oxygen atoms in total. The molecule has 0 heterocycles. The summed E-state index contributed by atoms with van der Waals surface area (Å²) in [5, 5.41) is 21.0. The van der Waals surface area contributed by atoms with E-state index in [1.165, 1.54) is 23.9 Å². The summed E-state index contributed by atoms with van der Waals surface area (Å²) in [6.45, 7) is 3.37. The molecule has 6 heteroatoms. The first-order valence-electron chi connectivity index (χ1n) is 9.25. The Bertz CT molecular complexity index is 714. The SMILES string of the molecule is C[C@H]([C@@H](O)c1ccccc1)N(C)C(=O)C(=O)N(C)[C@H](C)[C@@H](O)c1ccccc1. The second kappa shape index (κ2) is 9.48. The lowest BCUT2D eigenvalue weighted by Gasteiger charge is -2.33. The van der Waals surface area contributed by atoms with Crippen LogP contribution in [-0.2, 0) is 9.59 Å². The van der Waals surface area contributed by atoms with Gasteiger partial charge in [0, 0.05) is 14.1 Å². The van der Waals surface area contributed by atoms with Gasteiger partial charge >= 0.3 is 11.8 Å². The van der Waals surface area contributed by atoms with E-state index in [1.54, 1.807) is 62.4 Å². The van der Waals surface area contributed by atoms with Gasteiger partial charge in [0.05, 0.1) is 24.3 Å². The molecule has 0 spiro atoms. The summed E-state index contributed by atoms with van der Waals surface area (Å²) in [6.07, 6.45) is -1.83. The molecular formula is C22H28N2O4. The van der Waals surface area contributed by atoms with Crippen LogP contribution in [0.15, 0.2) is 60.7 Å². The molecule has 0 aliphatic heterocycles. The molecule has 2 amide bonds. The normalized spacial score (nSPS) is 15.2.